The first kappa shape index (κ1) is 21.4. The standard InChI is InChI=1S/C23H21F2N5O2/c1-12-7-16(13(2)27-17-6-4-3-5-15(17)22(31)32)20-18(8-12)29-19(11-26)21(30-20)28-14-9-23(24,25)10-14/h3-8,13-14,27H,9-10H2,1-2H3,(H,28,30)(H,31,32). The normalized spacial score (nSPS) is 16.1. The fourth-order valence-electron chi connectivity index (χ4n) is 3.90. The van der Waals surface area contributed by atoms with Gasteiger partial charge in [-0.1, -0.05) is 18.2 Å². The van der Waals surface area contributed by atoms with Crippen molar-refractivity contribution >= 4 is 28.5 Å². The number of para-hydroxylation sites is 1. The Labute approximate surface area is 183 Å². The molecule has 1 heterocycles. The molecule has 3 N–H and O–H groups in total. The van der Waals surface area contributed by atoms with Gasteiger partial charge in [0.15, 0.2) is 11.5 Å². The lowest BCUT2D eigenvalue weighted by Crippen LogP contribution is -2.44. The molecule has 0 aliphatic heterocycles. The lowest BCUT2D eigenvalue weighted by Gasteiger charge is -2.35. The average molecular weight is 437 g/mol. The molecule has 164 valence electrons. The summed E-state index contributed by atoms with van der Waals surface area (Å²) in [6, 6.07) is 11.5. The Bertz CT molecular complexity index is 1250. The van der Waals surface area contributed by atoms with Gasteiger partial charge in [-0.3, -0.25) is 0 Å². The fraction of sp³-hybridized carbons (Fsp3) is 0.304. The number of carboxylic acid groups (broad SMARTS) is 1. The molecule has 32 heavy (non-hydrogen) atoms. The van der Waals surface area contributed by atoms with Gasteiger partial charge in [0.25, 0.3) is 5.92 Å². The summed E-state index contributed by atoms with van der Waals surface area (Å²) >= 11 is 0. The number of benzene rings is 2. The van der Waals surface area contributed by atoms with Crippen molar-refractivity contribution in [2.24, 2.45) is 0 Å². The molecule has 0 saturated heterocycles. The van der Waals surface area contributed by atoms with Crippen LogP contribution in [0.2, 0.25) is 0 Å². The van der Waals surface area contributed by atoms with E-state index in [2.05, 4.69) is 20.6 Å². The summed E-state index contributed by atoms with van der Waals surface area (Å²) in [6.45, 7) is 3.75. The first-order chi connectivity index (χ1) is 15.2. The number of carbonyl (C=O) groups is 1. The molecule has 2 aromatic carbocycles. The number of aromatic carboxylic acids is 1. The second kappa shape index (κ2) is 8.04. The summed E-state index contributed by atoms with van der Waals surface area (Å²) in [5.41, 5.74) is 3.30. The Balaban J connectivity index is 1.73. The Kier molecular flexibility index (Phi) is 5.38. The van der Waals surface area contributed by atoms with Crippen molar-refractivity contribution in [3.05, 3.63) is 58.8 Å². The molecule has 7 nitrogen and oxygen atoms in total. The highest BCUT2D eigenvalue weighted by atomic mass is 19.3. The Morgan fingerprint density at radius 3 is 2.66 bits per heavy atom. The number of carboxylic acids is 1. The van der Waals surface area contributed by atoms with Crippen molar-refractivity contribution in [2.45, 2.75) is 44.7 Å². The second-order valence-electron chi connectivity index (χ2n) is 8.08. The predicted molar refractivity (Wildman–Crippen MR) is 116 cm³/mol. The smallest absolute Gasteiger partial charge is 0.337 e. The lowest BCUT2D eigenvalue weighted by atomic mass is 9.88. The van der Waals surface area contributed by atoms with E-state index in [0.717, 1.165) is 11.1 Å². The molecule has 0 bridgehead atoms. The highest BCUT2D eigenvalue weighted by Gasteiger charge is 2.45. The molecule has 1 saturated carbocycles. The summed E-state index contributed by atoms with van der Waals surface area (Å²) in [7, 11) is 0. The number of aryl methyl sites for hydroxylation is 1. The van der Waals surface area contributed by atoms with Gasteiger partial charge in [-0.15, -0.1) is 0 Å². The zero-order valence-corrected chi connectivity index (χ0v) is 17.5. The highest BCUT2D eigenvalue weighted by Crippen LogP contribution is 2.39. The molecule has 0 spiro atoms. The molecule has 1 aliphatic rings. The number of hydrogen-bond acceptors (Lipinski definition) is 6. The number of nitriles is 1. The van der Waals surface area contributed by atoms with Crippen LogP contribution in [0.3, 0.4) is 0 Å². The van der Waals surface area contributed by atoms with E-state index in [1.807, 2.05) is 26.0 Å². The number of halogens is 2. The van der Waals surface area contributed by atoms with Crippen molar-refractivity contribution in [1.82, 2.24) is 9.97 Å². The van der Waals surface area contributed by atoms with Crippen LogP contribution in [0.25, 0.3) is 11.0 Å². The molecule has 4 rings (SSSR count). The number of fused-ring (bicyclic) bond motifs is 1. The van der Waals surface area contributed by atoms with E-state index in [0.29, 0.717) is 16.7 Å². The summed E-state index contributed by atoms with van der Waals surface area (Å²) in [5, 5.41) is 25.1. The molecule has 1 fully saturated rings. The van der Waals surface area contributed by atoms with Crippen LogP contribution in [-0.2, 0) is 0 Å². The molecule has 1 atom stereocenters. The summed E-state index contributed by atoms with van der Waals surface area (Å²) in [4.78, 5) is 20.5. The van der Waals surface area contributed by atoms with E-state index in [1.54, 1.807) is 24.3 Å². The monoisotopic (exact) mass is 437 g/mol. The van der Waals surface area contributed by atoms with Gasteiger partial charge < -0.3 is 15.7 Å². The Morgan fingerprint density at radius 2 is 2.00 bits per heavy atom. The van der Waals surface area contributed by atoms with Gasteiger partial charge in [0.1, 0.15) is 6.07 Å². The van der Waals surface area contributed by atoms with E-state index in [4.69, 9.17) is 0 Å². The van der Waals surface area contributed by atoms with Crippen LogP contribution in [0.15, 0.2) is 36.4 Å². The summed E-state index contributed by atoms with van der Waals surface area (Å²) in [5.74, 6) is -3.58. The third kappa shape index (κ3) is 4.17. The molecule has 1 unspecified atom stereocenters. The summed E-state index contributed by atoms with van der Waals surface area (Å²) < 4.78 is 26.5. The lowest BCUT2D eigenvalue weighted by molar-refractivity contribution is -0.0794. The number of nitrogens with zero attached hydrogens (tertiary/aromatic N) is 3. The van der Waals surface area contributed by atoms with Gasteiger partial charge in [0.05, 0.1) is 22.6 Å². The topological polar surface area (TPSA) is 111 Å². The van der Waals surface area contributed by atoms with Gasteiger partial charge in [-0.25, -0.2) is 23.5 Å². The van der Waals surface area contributed by atoms with Crippen LogP contribution in [0.1, 0.15) is 53.0 Å². The van der Waals surface area contributed by atoms with Crippen molar-refractivity contribution in [3.63, 3.8) is 0 Å². The maximum atomic E-state index is 13.2. The number of rotatable bonds is 6. The molecule has 3 aromatic rings. The van der Waals surface area contributed by atoms with Crippen LogP contribution in [0.5, 0.6) is 0 Å². The molecule has 1 aromatic heterocycles. The molecular weight excluding hydrogens is 416 g/mol. The first-order valence-electron chi connectivity index (χ1n) is 10.1. The van der Waals surface area contributed by atoms with Crippen LogP contribution < -0.4 is 10.6 Å². The first-order valence-corrected chi connectivity index (χ1v) is 10.1. The third-order valence-electron chi connectivity index (χ3n) is 5.48. The van der Waals surface area contributed by atoms with Crippen LogP contribution in [0, 0.1) is 18.3 Å². The van der Waals surface area contributed by atoms with Gasteiger partial charge >= 0.3 is 5.97 Å². The molecule has 0 amide bonds. The van der Waals surface area contributed by atoms with Crippen molar-refractivity contribution in [3.8, 4) is 6.07 Å². The predicted octanol–water partition coefficient (Wildman–Crippen LogP) is 4.89. The van der Waals surface area contributed by atoms with Crippen molar-refractivity contribution in [2.75, 3.05) is 10.6 Å². The number of nitrogens with one attached hydrogen (secondary N) is 2. The SMILES string of the molecule is Cc1cc(C(C)Nc2ccccc2C(=O)O)c2nc(NC3CC(F)(F)C3)c(C#N)nc2c1. The van der Waals surface area contributed by atoms with Crippen molar-refractivity contribution in [1.29, 1.82) is 5.26 Å². The third-order valence-corrected chi connectivity index (χ3v) is 5.48. The Morgan fingerprint density at radius 1 is 1.28 bits per heavy atom. The second-order valence-corrected chi connectivity index (χ2v) is 8.08. The van der Waals surface area contributed by atoms with Gasteiger partial charge in [-0.05, 0) is 37.6 Å². The Hall–Kier alpha value is -3.80. The van der Waals surface area contributed by atoms with Crippen LogP contribution in [0.4, 0.5) is 20.3 Å². The maximum absolute atomic E-state index is 13.2. The van der Waals surface area contributed by atoms with Gasteiger partial charge in [-0.2, -0.15) is 5.26 Å². The van der Waals surface area contributed by atoms with Crippen molar-refractivity contribution < 1.29 is 18.7 Å². The van der Waals surface area contributed by atoms with E-state index < -0.39 is 17.9 Å². The summed E-state index contributed by atoms with van der Waals surface area (Å²) in [6.07, 6.45) is -0.634. The number of anilines is 2. The largest absolute Gasteiger partial charge is 0.478 e. The van der Waals surface area contributed by atoms with E-state index in [9.17, 15) is 23.9 Å². The van der Waals surface area contributed by atoms with E-state index in [1.165, 1.54) is 6.07 Å². The molecule has 0 radical (unpaired) electrons. The van der Waals surface area contributed by atoms with Gasteiger partial charge in [0.2, 0.25) is 0 Å². The molecular formula is C23H21F2N5O2. The molecule has 1 aliphatic carbocycles. The van der Waals surface area contributed by atoms with Crippen LogP contribution >= 0.6 is 0 Å². The van der Waals surface area contributed by atoms with E-state index >= 15 is 0 Å². The molecule has 9 heteroatoms. The van der Waals surface area contributed by atoms with Crippen LogP contribution in [-0.4, -0.2) is 33.0 Å². The number of aromatic nitrogens is 2. The van der Waals surface area contributed by atoms with E-state index in [-0.39, 0.29) is 36.0 Å². The minimum absolute atomic E-state index is 0.0427. The zero-order chi connectivity index (χ0) is 23.0. The minimum atomic E-state index is -2.70. The van der Waals surface area contributed by atoms with Gasteiger partial charge in [0, 0.05) is 30.1 Å². The quantitative estimate of drug-likeness (QED) is 0.503. The fourth-order valence-corrected chi connectivity index (χ4v) is 3.90. The number of alkyl halides is 2. The zero-order valence-electron chi connectivity index (χ0n) is 17.5. The minimum Gasteiger partial charge on any atom is -0.478 e. The maximum Gasteiger partial charge on any atom is 0.337 e. The average Bonchev–Trinajstić information content (AvgIpc) is 2.71. The number of hydrogen-bond donors (Lipinski definition) is 3. The highest BCUT2D eigenvalue weighted by molar-refractivity contribution is 5.94.